The van der Waals surface area contributed by atoms with Crippen LogP contribution in [0.1, 0.15) is 118 Å². The second-order valence-electron chi connectivity index (χ2n) is 24.3. The van der Waals surface area contributed by atoms with Crippen LogP contribution < -0.4 is 9.47 Å². The van der Waals surface area contributed by atoms with Crippen molar-refractivity contribution in [3.63, 3.8) is 0 Å². The Kier molecular flexibility index (Phi) is 13.6. The maximum Gasteiger partial charge on any atom is 0.195 e. The Hall–Kier alpha value is -6.90. The molecule has 0 saturated carbocycles. The van der Waals surface area contributed by atoms with Crippen LogP contribution in [-0.4, -0.2) is 32.6 Å². The molecular weight excluding hydrogens is 1040 g/mol. The molecule has 2 N–H and O–H groups in total. The average Bonchev–Trinajstić information content (AvgIpc) is 4.27. The van der Waals surface area contributed by atoms with E-state index in [1.165, 1.54) is 0 Å². The number of thiophene rings is 2. The molecule has 406 valence electrons. The molecule has 0 aliphatic rings. The van der Waals surface area contributed by atoms with Gasteiger partial charge in [0, 0.05) is 44.4 Å². The first-order chi connectivity index (χ1) is 36.6. The smallest absolute Gasteiger partial charge is 0.195 e. The molecule has 0 unspecified atom stereocenters. The normalized spacial score (nSPS) is 12.8. The van der Waals surface area contributed by atoms with Crippen LogP contribution in [0, 0.1) is 34.9 Å². The lowest BCUT2D eigenvalue weighted by molar-refractivity contribution is 0.263. The molecular formula is C64H62F6N2O4S2. The lowest BCUT2D eigenvalue weighted by atomic mass is 9.85. The highest BCUT2D eigenvalue weighted by Crippen LogP contribution is 2.51. The van der Waals surface area contributed by atoms with Gasteiger partial charge in [0.25, 0.3) is 0 Å². The molecule has 10 rings (SSSR count). The van der Waals surface area contributed by atoms with E-state index in [1.807, 2.05) is 57.7 Å². The summed E-state index contributed by atoms with van der Waals surface area (Å²) in [5, 5.41) is 31.1. The number of aromatic nitrogens is 2. The SMILES string of the molecule is CC(C)(C)c1ccc2c(c1)c1cc(C(C)(C)C)ccc1n2-c1csc(-c2c(OCCCCOc3cc(F)c(F)c(F)c3-c3scc(-n4c5ccc(C(C)(C)C)cc5c5cc(C(C)(C)C)ccc54)c3O)cc(F)c(F)c2F)c1O. The molecule has 0 aliphatic heterocycles. The van der Waals surface area contributed by atoms with E-state index in [4.69, 9.17) is 9.47 Å². The quantitative estimate of drug-likeness (QED) is 0.0769. The monoisotopic (exact) mass is 1100 g/mol. The summed E-state index contributed by atoms with van der Waals surface area (Å²) in [4.78, 5) is -0.162. The molecule has 6 nitrogen and oxygen atoms in total. The topological polar surface area (TPSA) is 68.8 Å². The van der Waals surface area contributed by atoms with Gasteiger partial charge in [-0.3, -0.25) is 0 Å². The van der Waals surface area contributed by atoms with Crippen LogP contribution in [0.5, 0.6) is 23.0 Å². The Morgan fingerprint density at radius 1 is 0.410 bits per heavy atom. The third kappa shape index (κ3) is 9.46. The zero-order valence-electron chi connectivity index (χ0n) is 45.8. The van der Waals surface area contributed by atoms with Crippen molar-refractivity contribution in [1.29, 1.82) is 0 Å². The lowest BCUT2D eigenvalue weighted by Crippen LogP contribution is -2.10. The number of nitrogens with zero attached hydrogens (tertiary/aromatic N) is 2. The molecule has 0 bridgehead atoms. The number of benzene rings is 6. The minimum Gasteiger partial charge on any atom is -0.504 e. The maximum absolute atomic E-state index is 16.1. The molecule has 78 heavy (non-hydrogen) atoms. The Morgan fingerprint density at radius 3 is 0.962 bits per heavy atom. The highest BCUT2D eigenvalue weighted by atomic mass is 32.1. The van der Waals surface area contributed by atoms with Gasteiger partial charge in [0.15, 0.2) is 46.4 Å². The van der Waals surface area contributed by atoms with E-state index in [1.54, 1.807) is 10.8 Å². The van der Waals surface area contributed by atoms with Gasteiger partial charge in [-0.05, 0) is 105 Å². The van der Waals surface area contributed by atoms with Crippen molar-refractivity contribution in [1.82, 2.24) is 9.13 Å². The van der Waals surface area contributed by atoms with Crippen LogP contribution in [-0.2, 0) is 21.7 Å². The largest absolute Gasteiger partial charge is 0.504 e. The molecule has 0 amide bonds. The summed E-state index contributed by atoms with van der Waals surface area (Å²) in [7, 11) is 0. The van der Waals surface area contributed by atoms with Crippen molar-refractivity contribution in [3.05, 3.63) is 153 Å². The molecule has 0 aliphatic carbocycles. The first-order valence-corrected chi connectivity index (χ1v) is 27.7. The van der Waals surface area contributed by atoms with Crippen LogP contribution in [0.4, 0.5) is 26.3 Å². The predicted molar refractivity (Wildman–Crippen MR) is 306 cm³/mol. The first-order valence-electron chi connectivity index (χ1n) is 26.0. The van der Waals surface area contributed by atoms with Crippen molar-refractivity contribution in [2.45, 2.75) is 118 Å². The number of fused-ring (bicyclic) bond motifs is 6. The zero-order valence-corrected chi connectivity index (χ0v) is 47.4. The summed E-state index contributed by atoms with van der Waals surface area (Å²) < 4.78 is 108. The van der Waals surface area contributed by atoms with Gasteiger partial charge in [0.05, 0.1) is 67.5 Å². The molecule has 0 spiro atoms. The summed E-state index contributed by atoms with van der Waals surface area (Å²) in [5.74, 6) is -11.0. The summed E-state index contributed by atoms with van der Waals surface area (Å²) >= 11 is 1.90. The number of halogens is 6. The predicted octanol–water partition coefficient (Wildman–Crippen LogP) is 19.0. The maximum atomic E-state index is 16.1. The van der Waals surface area contributed by atoms with Gasteiger partial charge in [-0.1, -0.05) is 107 Å². The van der Waals surface area contributed by atoms with Gasteiger partial charge in [-0.25, -0.2) is 26.3 Å². The third-order valence-electron chi connectivity index (χ3n) is 14.7. The van der Waals surface area contributed by atoms with Gasteiger partial charge in [0.2, 0.25) is 0 Å². The average molecular weight is 1100 g/mol. The molecule has 0 radical (unpaired) electrons. The first kappa shape index (κ1) is 54.5. The van der Waals surface area contributed by atoms with Crippen molar-refractivity contribution < 1.29 is 46.0 Å². The fourth-order valence-electron chi connectivity index (χ4n) is 10.2. The van der Waals surface area contributed by atoms with Gasteiger partial charge in [-0.2, -0.15) is 0 Å². The molecule has 10 aromatic rings. The van der Waals surface area contributed by atoms with E-state index >= 15 is 26.3 Å². The van der Waals surface area contributed by atoms with Crippen LogP contribution >= 0.6 is 22.7 Å². The number of hydrogen-bond donors (Lipinski definition) is 2. The fourth-order valence-corrected chi connectivity index (χ4v) is 12.1. The molecule has 4 heterocycles. The van der Waals surface area contributed by atoms with Gasteiger partial charge in [-0.15, -0.1) is 22.7 Å². The summed E-state index contributed by atoms with van der Waals surface area (Å²) in [6.07, 6.45) is 0.321. The number of rotatable bonds is 11. The van der Waals surface area contributed by atoms with Crippen molar-refractivity contribution in [2.24, 2.45) is 0 Å². The second kappa shape index (κ2) is 19.5. The van der Waals surface area contributed by atoms with E-state index in [9.17, 15) is 10.2 Å². The number of aromatic hydroxyl groups is 2. The van der Waals surface area contributed by atoms with Crippen LogP contribution in [0.2, 0.25) is 0 Å². The highest BCUT2D eigenvalue weighted by Gasteiger charge is 2.31. The van der Waals surface area contributed by atoms with E-state index in [0.717, 1.165) is 101 Å². The summed E-state index contributed by atoms with van der Waals surface area (Å²) in [6, 6.07) is 26.2. The Morgan fingerprint density at radius 2 is 0.692 bits per heavy atom. The minimum atomic E-state index is -1.74. The van der Waals surface area contributed by atoms with E-state index in [-0.39, 0.29) is 80.5 Å². The van der Waals surface area contributed by atoms with Gasteiger partial charge >= 0.3 is 0 Å². The summed E-state index contributed by atoms with van der Waals surface area (Å²) in [6.45, 7) is 25.2. The fraction of sp³-hybridized carbons (Fsp3) is 0.312. The Balaban J connectivity index is 0.919. The minimum absolute atomic E-state index is 0.0808. The number of ether oxygens (including phenoxy) is 2. The summed E-state index contributed by atoms with van der Waals surface area (Å²) in [5.41, 5.74) is 6.63. The van der Waals surface area contributed by atoms with E-state index in [2.05, 4.69) is 107 Å². The van der Waals surface area contributed by atoms with Crippen molar-refractivity contribution in [2.75, 3.05) is 13.2 Å². The molecule has 14 heteroatoms. The van der Waals surface area contributed by atoms with Gasteiger partial charge in [0.1, 0.15) is 11.5 Å². The number of hydrogen-bond acceptors (Lipinski definition) is 6. The molecule has 0 atom stereocenters. The van der Waals surface area contributed by atoms with Crippen LogP contribution in [0.3, 0.4) is 0 Å². The van der Waals surface area contributed by atoms with Crippen molar-refractivity contribution >= 4 is 66.3 Å². The van der Waals surface area contributed by atoms with Gasteiger partial charge < -0.3 is 28.8 Å². The lowest BCUT2D eigenvalue weighted by Gasteiger charge is -2.19. The van der Waals surface area contributed by atoms with E-state index < -0.39 is 46.0 Å². The zero-order chi connectivity index (χ0) is 56.3. The van der Waals surface area contributed by atoms with Crippen molar-refractivity contribution in [3.8, 4) is 55.3 Å². The number of unbranched alkanes of at least 4 members (excludes halogenated alkanes) is 1. The van der Waals surface area contributed by atoms with E-state index in [0.29, 0.717) is 11.4 Å². The van der Waals surface area contributed by atoms with Crippen LogP contribution in [0.15, 0.2) is 95.7 Å². The molecule has 0 fully saturated rings. The Bertz CT molecular complexity index is 3620. The standard InChI is InChI=1S/C64H62F6N2O4S2/c1-61(2,3)33-15-19-43-37(25-33)38-26-34(62(4,5)6)16-20-44(38)71(43)47-31-77-59(57(47)73)51-49(29-41(65)53(67)55(51)69)75-23-13-14-24-76-50-30-42(66)54(68)56(70)52(50)60-58(74)48(32-78-60)72-45-21-17-35(63(7,8)9)27-39(45)40-28-36(64(10,11)12)18-22-46(40)72/h15-22,25-32,73-74H,13-14,23-24H2,1-12H3. The Labute approximate surface area is 458 Å². The highest BCUT2D eigenvalue weighted by molar-refractivity contribution is 7.14. The third-order valence-corrected chi connectivity index (χ3v) is 16.7. The van der Waals surface area contributed by atoms with Crippen LogP contribution in [0.25, 0.3) is 75.9 Å². The second-order valence-corrected chi connectivity index (χ2v) is 26.1. The molecule has 0 saturated heterocycles. The molecule has 6 aromatic carbocycles. The molecule has 4 aromatic heterocycles.